The van der Waals surface area contributed by atoms with Gasteiger partial charge in [0.05, 0.1) is 6.61 Å². The van der Waals surface area contributed by atoms with E-state index in [1.807, 2.05) is 30.3 Å². The van der Waals surface area contributed by atoms with Gasteiger partial charge in [-0.15, -0.1) is 11.3 Å². The Kier molecular flexibility index (Phi) is 6.61. The van der Waals surface area contributed by atoms with Crippen LogP contribution < -0.4 is 15.8 Å². The first-order valence-corrected chi connectivity index (χ1v) is 7.96. The molecule has 0 saturated heterocycles. The molecule has 0 fully saturated rings. The third kappa shape index (κ3) is 6.31. The Bertz CT molecular complexity index is 526. The van der Waals surface area contributed by atoms with Crippen LogP contribution in [-0.4, -0.2) is 25.7 Å². The summed E-state index contributed by atoms with van der Waals surface area (Å²) < 4.78 is 5.59. The van der Waals surface area contributed by atoms with Crippen molar-refractivity contribution in [3.8, 4) is 5.75 Å². The monoisotopic (exact) mass is 303 g/mol. The number of nitrogens with one attached hydrogen (secondary N) is 1. The zero-order chi connectivity index (χ0) is 14.8. The number of rotatable bonds is 8. The van der Waals surface area contributed by atoms with E-state index in [1.165, 1.54) is 4.88 Å². The van der Waals surface area contributed by atoms with Crippen LogP contribution in [0.15, 0.2) is 52.8 Å². The summed E-state index contributed by atoms with van der Waals surface area (Å²) in [6.45, 7) is 2.14. The number of aliphatic imine (C=N–C) groups is 1. The van der Waals surface area contributed by atoms with E-state index in [9.17, 15) is 0 Å². The van der Waals surface area contributed by atoms with Crippen LogP contribution in [0.4, 0.5) is 0 Å². The van der Waals surface area contributed by atoms with Gasteiger partial charge in [-0.05, 0) is 30.0 Å². The molecule has 0 unspecified atom stereocenters. The van der Waals surface area contributed by atoms with Crippen LogP contribution in [0.25, 0.3) is 0 Å². The van der Waals surface area contributed by atoms with E-state index < -0.39 is 0 Å². The second-order valence-electron chi connectivity index (χ2n) is 4.54. The molecule has 2 aromatic rings. The molecule has 0 amide bonds. The van der Waals surface area contributed by atoms with Crippen molar-refractivity contribution < 1.29 is 4.74 Å². The summed E-state index contributed by atoms with van der Waals surface area (Å²) in [6.07, 6.45) is 1.83. The van der Waals surface area contributed by atoms with Crippen molar-refractivity contribution in [2.75, 3.05) is 19.7 Å². The number of hydrogen-bond acceptors (Lipinski definition) is 3. The summed E-state index contributed by atoms with van der Waals surface area (Å²) in [7, 11) is 0. The number of ether oxygens (including phenoxy) is 1. The lowest BCUT2D eigenvalue weighted by Gasteiger charge is -2.06. The van der Waals surface area contributed by atoms with E-state index in [0.717, 1.165) is 25.1 Å². The smallest absolute Gasteiger partial charge is 0.188 e. The van der Waals surface area contributed by atoms with E-state index in [4.69, 9.17) is 10.5 Å². The lowest BCUT2D eigenvalue weighted by Crippen LogP contribution is -2.33. The first-order chi connectivity index (χ1) is 10.3. The molecule has 4 nitrogen and oxygen atoms in total. The average molecular weight is 303 g/mol. The van der Waals surface area contributed by atoms with E-state index in [-0.39, 0.29) is 0 Å². The van der Waals surface area contributed by atoms with Gasteiger partial charge in [0.1, 0.15) is 5.75 Å². The minimum Gasteiger partial charge on any atom is -0.494 e. The normalized spacial score (nSPS) is 11.3. The van der Waals surface area contributed by atoms with Crippen LogP contribution in [0.3, 0.4) is 0 Å². The van der Waals surface area contributed by atoms with Crippen molar-refractivity contribution >= 4 is 17.3 Å². The third-order valence-corrected chi connectivity index (χ3v) is 3.79. The predicted molar refractivity (Wildman–Crippen MR) is 89.1 cm³/mol. The van der Waals surface area contributed by atoms with Crippen molar-refractivity contribution in [1.82, 2.24) is 5.32 Å². The van der Waals surface area contributed by atoms with E-state index >= 15 is 0 Å². The summed E-state index contributed by atoms with van der Waals surface area (Å²) in [6, 6.07) is 14.0. The van der Waals surface area contributed by atoms with Crippen LogP contribution in [-0.2, 0) is 6.42 Å². The molecule has 1 aromatic heterocycles. The van der Waals surface area contributed by atoms with Gasteiger partial charge in [0, 0.05) is 24.4 Å². The molecule has 21 heavy (non-hydrogen) atoms. The molecule has 0 atom stereocenters. The largest absolute Gasteiger partial charge is 0.494 e. The highest BCUT2D eigenvalue weighted by molar-refractivity contribution is 7.09. The maximum Gasteiger partial charge on any atom is 0.188 e. The lowest BCUT2D eigenvalue weighted by molar-refractivity contribution is 0.313. The second-order valence-corrected chi connectivity index (χ2v) is 5.57. The number of thiophene rings is 1. The Labute approximate surface area is 129 Å². The molecule has 3 N–H and O–H groups in total. The minimum atomic E-state index is 0.506. The Morgan fingerprint density at radius 3 is 2.81 bits per heavy atom. The maximum absolute atomic E-state index is 5.81. The van der Waals surface area contributed by atoms with Crippen molar-refractivity contribution in [3.63, 3.8) is 0 Å². The molecule has 1 aromatic carbocycles. The topological polar surface area (TPSA) is 59.6 Å². The van der Waals surface area contributed by atoms with Crippen LogP contribution >= 0.6 is 11.3 Å². The highest BCUT2D eigenvalue weighted by atomic mass is 32.1. The van der Waals surface area contributed by atoms with Crippen LogP contribution in [0, 0.1) is 0 Å². The first kappa shape index (κ1) is 15.4. The molecule has 0 spiro atoms. The standard InChI is InChI=1S/C16H21N3OS/c17-16(19-11-9-15-8-4-13-21-15)18-10-5-12-20-14-6-2-1-3-7-14/h1-4,6-8,13H,5,9-12H2,(H3,17,18,19). The molecular formula is C16H21N3OS. The number of nitrogens with two attached hydrogens (primary N) is 1. The highest BCUT2D eigenvalue weighted by Crippen LogP contribution is 2.08. The molecule has 1 heterocycles. The van der Waals surface area contributed by atoms with E-state index in [1.54, 1.807) is 11.3 Å². The summed E-state index contributed by atoms with van der Waals surface area (Å²) >= 11 is 1.76. The van der Waals surface area contributed by atoms with Gasteiger partial charge in [-0.1, -0.05) is 24.3 Å². The van der Waals surface area contributed by atoms with Gasteiger partial charge in [-0.25, -0.2) is 0 Å². The fraction of sp³-hybridized carbons (Fsp3) is 0.312. The molecule has 112 valence electrons. The number of para-hydroxylation sites is 1. The Morgan fingerprint density at radius 2 is 2.05 bits per heavy atom. The van der Waals surface area contributed by atoms with Crippen molar-refractivity contribution in [1.29, 1.82) is 0 Å². The Hall–Kier alpha value is -2.01. The first-order valence-electron chi connectivity index (χ1n) is 7.08. The molecular weight excluding hydrogens is 282 g/mol. The van der Waals surface area contributed by atoms with Gasteiger partial charge in [-0.2, -0.15) is 0 Å². The van der Waals surface area contributed by atoms with Crippen molar-refractivity contribution in [3.05, 3.63) is 52.7 Å². The third-order valence-electron chi connectivity index (χ3n) is 2.85. The molecule has 0 aliphatic carbocycles. The van der Waals surface area contributed by atoms with Crippen molar-refractivity contribution in [2.24, 2.45) is 10.7 Å². The molecule has 0 bridgehead atoms. The van der Waals surface area contributed by atoms with Gasteiger partial charge in [0.2, 0.25) is 0 Å². The van der Waals surface area contributed by atoms with Gasteiger partial charge in [0.25, 0.3) is 0 Å². The Balaban J connectivity index is 1.54. The molecule has 0 aliphatic heterocycles. The van der Waals surface area contributed by atoms with Crippen LogP contribution in [0.2, 0.25) is 0 Å². The number of nitrogens with zero attached hydrogens (tertiary/aromatic N) is 1. The second kappa shape index (κ2) is 9.02. The number of benzene rings is 1. The van der Waals surface area contributed by atoms with Crippen molar-refractivity contribution in [2.45, 2.75) is 12.8 Å². The fourth-order valence-electron chi connectivity index (χ4n) is 1.80. The quantitative estimate of drug-likeness (QED) is 0.448. The zero-order valence-electron chi connectivity index (χ0n) is 12.0. The SMILES string of the molecule is NC(=NCCCOc1ccccc1)NCCc1cccs1. The Morgan fingerprint density at radius 1 is 1.19 bits per heavy atom. The summed E-state index contributed by atoms with van der Waals surface area (Å²) in [5.41, 5.74) is 5.81. The van der Waals surface area contributed by atoms with Gasteiger partial charge >= 0.3 is 0 Å². The molecule has 0 aliphatic rings. The average Bonchev–Trinajstić information content (AvgIpc) is 3.01. The van der Waals surface area contributed by atoms with Gasteiger partial charge in [-0.3, -0.25) is 4.99 Å². The van der Waals surface area contributed by atoms with Crippen LogP contribution in [0.5, 0.6) is 5.75 Å². The van der Waals surface area contributed by atoms with E-state index in [0.29, 0.717) is 19.1 Å². The summed E-state index contributed by atoms with van der Waals surface area (Å²) in [5, 5.41) is 5.21. The predicted octanol–water partition coefficient (Wildman–Crippen LogP) is 2.66. The molecule has 2 rings (SSSR count). The summed E-state index contributed by atoms with van der Waals surface area (Å²) in [4.78, 5) is 5.63. The fourth-order valence-corrected chi connectivity index (χ4v) is 2.50. The lowest BCUT2D eigenvalue weighted by atomic mass is 10.3. The zero-order valence-corrected chi connectivity index (χ0v) is 12.8. The minimum absolute atomic E-state index is 0.506. The summed E-state index contributed by atoms with van der Waals surface area (Å²) in [5.74, 6) is 1.40. The van der Waals surface area contributed by atoms with Gasteiger partial charge in [0.15, 0.2) is 5.96 Å². The molecule has 5 heteroatoms. The maximum atomic E-state index is 5.81. The molecule has 0 saturated carbocycles. The number of guanidine groups is 1. The molecule has 0 radical (unpaired) electrons. The number of hydrogen-bond donors (Lipinski definition) is 2. The van der Waals surface area contributed by atoms with Crippen LogP contribution in [0.1, 0.15) is 11.3 Å². The highest BCUT2D eigenvalue weighted by Gasteiger charge is 1.95. The van der Waals surface area contributed by atoms with E-state index in [2.05, 4.69) is 27.8 Å². The van der Waals surface area contributed by atoms with Gasteiger partial charge < -0.3 is 15.8 Å².